The molecule has 1 amide bonds. The number of likely N-dealkylation sites (N-methyl/N-ethyl adjacent to an activating group) is 1. The highest BCUT2D eigenvalue weighted by Gasteiger charge is 2.36. The van der Waals surface area contributed by atoms with E-state index in [-0.39, 0.29) is 17.5 Å². The van der Waals surface area contributed by atoms with Gasteiger partial charge in [-0.15, -0.1) is 0 Å². The van der Waals surface area contributed by atoms with Crippen LogP contribution in [0.4, 0.5) is 0 Å². The fourth-order valence-corrected chi connectivity index (χ4v) is 2.41. The highest BCUT2D eigenvalue weighted by atomic mass is 16.2. The van der Waals surface area contributed by atoms with Crippen molar-refractivity contribution in [2.45, 2.75) is 44.7 Å². The Hall–Kier alpha value is -1.49. The molecular formula is C14H24N4O. The number of aliphatic imine (C=N–C) groups is 1. The third kappa shape index (κ3) is 4.28. The summed E-state index contributed by atoms with van der Waals surface area (Å²) in [6.07, 6.45) is 9.19. The smallest absolute Gasteiger partial charge is 0.240 e. The van der Waals surface area contributed by atoms with E-state index in [9.17, 15) is 4.79 Å². The van der Waals surface area contributed by atoms with Gasteiger partial charge in [0.05, 0.1) is 6.04 Å². The van der Waals surface area contributed by atoms with Gasteiger partial charge in [0.25, 0.3) is 0 Å². The lowest BCUT2D eigenvalue weighted by atomic mass is 9.97. The molecule has 0 aromatic rings. The summed E-state index contributed by atoms with van der Waals surface area (Å²) in [6.45, 7) is 4.80. The second-order valence-electron chi connectivity index (χ2n) is 5.35. The minimum absolute atomic E-state index is 0.0783. The maximum absolute atomic E-state index is 12.5. The van der Waals surface area contributed by atoms with Gasteiger partial charge in [-0.2, -0.15) is 0 Å². The molecule has 1 saturated heterocycles. The van der Waals surface area contributed by atoms with Crippen LogP contribution in [0.2, 0.25) is 0 Å². The van der Waals surface area contributed by atoms with E-state index in [0.29, 0.717) is 6.54 Å². The van der Waals surface area contributed by atoms with Gasteiger partial charge in [-0.05, 0) is 46.2 Å². The van der Waals surface area contributed by atoms with Gasteiger partial charge in [-0.1, -0.05) is 6.08 Å². The van der Waals surface area contributed by atoms with Crippen molar-refractivity contribution in [3.05, 3.63) is 12.2 Å². The normalized spacial score (nSPS) is 24.1. The third-order valence-electron chi connectivity index (χ3n) is 3.60. The largest absolute Gasteiger partial charge is 0.332 e. The maximum atomic E-state index is 12.5. The summed E-state index contributed by atoms with van der Waals surface area (Å²) in [5.74, 6) is 0.165. The lowest BCUT2D eigenvalue weighted by Gasteiger charge is -2.37. The molecule has 2 N–H and O–H groups in total. The van der Waals surface area contributed by atoms with Crippen molar-refractivity contribution < 1.29 is 4.79 Å². The zero-order valence-electron chi connectivity index (χ0n) is 12.0. The van der Waals surface area contributed by atoms with Gasteiger partial charge in [0.1, 0.15) is 6.34 Å². The van der Waals surface area contributed by atoms with Crippen LogP contribution in [0.1, 0.15) is 33.1 Å². The summed E-state index contributed by atoms with van der Waals surface area (Å²) < 4.78 is 0. The molecular weight excluding hydrogens is 240 g/mol. The van der Waals surface area contributed by atoms with Crippen LogP contribution in [0.3, 0.4) is 0 Å². The molecule has 1 atom stereocenters. The summed E-state index contributed by atoms with van der Waals surface area (Å²) in [5.41, 5.74) is -0.119. The molecule has 0 aromatic carbocycles. The van der Waals surface area contributed by atoms with E-state index in [0.717, 1.165) is 25.6 Å². The van der Waals surface area contributed by atoms with Crippen molar-refractivity contribution >= 4 is 18.5 Å². The van der Waals surface area contributed by atoms with Crippen LogP contribution < -0.4 is 5.32 Å². The van der Waals surface area contributed by atoms with Crippen LogP contribution in [0.25, 0.3) is 0 Å². The highest BCUT2D eigenvalue weighted by molar-refractivity contribution is 5.83. The molecule has 1 fully saturated rings. The number of nitrogens with zero attached hydrogens (tertiary/aromatic N) is 2. The minimum Gasteiger partial charge on any atom is -0.332 e. The van der Waals surface area contributed by atoms with Crippen molar-refractivity contribution in [2.75, 3.05) is 13.6 Å². The van der Waals surface area contributed by atoms with Crippen LogP contribution in [-0.2, 0) is 4.79 Å². The minimum atomic E-state index is -0.119. The Kier molecular flexibility index (Phi) is 5.89. The Balaban J connectivity index is 2.78. The number of rotatable bonds is 5. The van der Waals surface area contributed by atoms with Crippen molar-refractivity contribution in [3.63, 3.8) is 0 Å². The van der Waals surface area contributed by atoms with Crippen molar-refractivity contribution in [2.24, 2.45) is 4.99 Å². The van der Waals surface area contributed by atoms with Gasteiger partial charge in [0, 0.05) is 18.3 Å². The first kappa shape index (κ1) is 15.6. The number of amides is 1. The number of hydrogen-bond acceptors (Lipinski definition) is 3. The van der Waals surface area contributed by atoms with Gasteiger partial charge in [-0.3, -0.25) is 10.2 Å². The number of hydrogen-bond donors (Lipinski definition) is 2. The second kappa shape index (κ2) is 7.19. The zero-order valence-corrected chi connectivity index (χ0v) is 12.0. The molecule has 0 saturated carbocycles. The molecule has 106 valence electrons. The summed E-state index contributed by atoms with van der Waals surface area (Å²) in [5, 5.41) is 9.88. The maximum Gasteiger partial charge on any atom is 0.240 e. The summed E-state index contributed by atoms with van der Waals surface area (Å²) in [6, 6.07) is -0.0783. The van der Waals surface area contributed by atoms with E-state index < -0.39 is 0 Å². The van der Waals surface area contributed by atoms with Crippen LogP contribution in [0.15, 0.2) is 17.1 Å². The quantitative estimate of drug-likeness (QED) is 0.585. The average molecular weight is 264 g/mol. The predicted molar refractivity (Wildman–Crippen MR) is 78.9 cm³/mol. The lowest BCUT2D eigenvalue weighted by molar-refractivity contribution is -0.136. The Morgan fingerprint density at radius 3 is 2.95 bits per heavy atom. The molecule has 0 spiro atoms. The van der Waals surface area contributed by atoms with E-state index >= 15 is 0 Å². The summed E-state index contributed by atoms with van der Waals surface area (Å²) >= 11 is 0. The first-order valence-corrected chi connectivity index (χ1v) is 6.69. The SMILES string of the molecule is CNC1CCCC(C)(C)N(C/C=C/C=N\C=N)C1=O. The van der Waals surface area contributed by atoms with Gasteiger partial charge >= 0.3 is 0 Å². The van der Waals surface area contributed by atoms with E-state index in [4.69, 9.17) is 5.41 Å². The molecule has 0 aliphatic carbocycles. The fourth-order valence-electron chi connectivity index (χ4n) is 2.41. The summed E-state index contributed by atoms with van der Waals surface area (Å²) in [7, 11) is 1.84. The van der Waals surface area contributed by atoms with E-state index in [1.807, 2.05) is 18.0 Å². The molecule has 1 unspecified atom stereocenters. The molecule has 1 rings (SSSR count). The highest BCUT2D eigenvalue weighted by Crippen LogP contribution is 2.27. The van der Waals surface area contributed by atoms with Gasteiger partial charge in [0.2, 0.25) is 5.91 Å². The molecule has 5 nitrogen and oxygen atoms in total. The predicted octanol–water partition coefficient (Wildman–Crippen LogP) is 1.60. The number of nitrogens with one attached hydrogen (secondary N) is 2. The van der Waals surface area contributed by atoms with E-state index in [2.05, 4.69) is 24.2 Å². The van der Waals surface area contributed by atoms with Gasteiger partial charge in [-0.25, -0.2) is 4.99 Å². The molecule has 0 radical (unpaired) electrons. The Morgan fingerprint density at radius 1 is 1.58 bits per heavy atom. The third-order valence-corrected chi connectivity index (χ3v) is 3.60. The number of carbonyl (C=O) groups is 1. The first-order chi connectivity index (χ1) is 9.03. The van der Waals surface area contributed by atoms with E-state index in [1.165, 1.54) is 0 Å². The molecule has 1 aliphatic heterocycles. The molecule has 5 heteroatoms. The van der Waals surface area contributed by atoms with Crippen molar-refractivity contribution in [3.8, 4) is 0 Å². The van der Waals surface area contributed by atoms with Gasteiger partial charge < -0.3 is 10.2 Å². The number of likely N-dealkylation sites (tertiary alicyclic amines) is 1. The standard InChI is InChI=1S/C14H24N4O/c1-14(2)8-6-7-12(16-3)13(19)18(14)10-5-4-9-17-11-15/h4-5,9,11-12,15-16H,6-8,10H2,1-3H3/b5-4+,15-11?,17-9-. The average Bonchev–Trinajstić information content (AvgIpc) is 2.47. The van der Waals surface area contributed by atoms with Crippen LogP contribution in [0, 0.1) is 5.41 Å². The van der Waals surface area contributed by atoms with Crippen LogP contribution >= 0.6 is 0 Å². The number of allylic oxidation sites excluding steroid dienone is 1. The van der Waals surface area contributed by atoms with Crippen molar-refractivity contribution in [1.82, 2.24) is 10.2 Å². The van der Waals surface area contributed by atoms with Crippen LogP contribution in [0.5, 0.6) is 0 Å². The van der Waals surface area contributed by atoms with Gasteiger partial charge in [0.15, 0.2) is 0 Å². The lowest BCUT2D eigenvalue weighted by Crippen LogP contribution is -2.52. The van der Waals surface area contributed by atoms with Crippen LogP contribution in [-0.4, -0.2) is 48.5 Å². The molecule has 19 heavy (non-hydrogen) atoms. The first-order valence-electron chi connectivity index (χ1n) is 6.69. The van der Waals surface area contributed by atoms with E-state index in [1.54, 1.807) is 12.3 Å². The number of carbonyl (C=O) groups excluding carboxylic acids is 1. The molecule has 0 aromatic heterocycles. The second-order valence-corrected chi connectivity index (χ2v) is 5.35. The van der Waals surface area contributed by atoms with Crippen molar-refractivity contribution in [1.29, 1.82) is 5.41 Å². The Bertz CT molecular complexity index is 374. The Labute approximate surface area is 115 Å². The fraction of sp³-hybridized carbons (Fsp3) is 0.643. The monoisotopic (exact) mass is 264 g/mol. The zero-order chi connectivity index (χ0) is 14.3. The molecule has 0 bridgehead atoms. The molecule has 1 heterocycles. The Morgan fingerprint density at radius 2 is 2.32 bits per heavy atom. The topological polar surface area (TPSA) is 68.6 Å². The molecule has 1 aliphatic rings. The summed E-state index contributed by atoms with van der Waals surface area (Å²) in [4.78, 5) is 18.1.